The zero-order valence-corrected chi connectivity index (χ0v) is 11.9. The number of rotatable bonds is 2. The number of nitrogens with two attached hydrogens (primary N) is 1. The number of aromatic nitrogens is 1. The Bertz CT molecular complexity index is 743. The summed E-state index contributed by atoms with van der Waals surface area (Å²) in [6, 6.07) is 7.62. The summed E-state index contributed by atoms with van der Waals surface area (Å²) in [7, 11) is -2.94. The number of anilines is 2. The molecule has 0 amide bonds. The van der Waals surface area contributed by atoms with Gasteiger partial charge in [0.1, 0.15) is 0 Å². The first-order chi connectivity index (χ1) is 9.55. The Kier molecular flexibility index (Phi) is 3.25. The number of para-hydroxylation sites is 1. The molecule has 0 aliphatic carbocycles. The van der Waals surface area contributed by atoms with Crippen LogP contribution in [0.3, 0.4) is 0 Å². The molecule has 1 unspecified atom stereocenters. The number of nitrogens with zero attached hydrogens (tertiary/aromatic N) is 1. The number of nitrogens with one attached hydrogen (secondary N) is 1. The van der Waals surface area contributed by atoms with Crippen LogP contribution in [0.4, 0.5) is 11.4 Å². The molecule has 0 saturated carbocycles. The molecule has 0 radical (unpaired) electrons. The van der Waals surface area contributed by atoms with Crippen LogP contribution >= 0.6 is 0 Å². The highest BCUT2D eigenvalue weighted by atomic mass is 32.2. The van der Waals surface area contributed by atoms with E-state index in [9.17, 15) is 8.42 Å². The molecule has 106 valence electrons. The average molecular weight is 291 g/mol. The minimum absolute atomic E-state index is 0.0816. The molecule has 0 bridgehead atoms. The van der Waals surface area contributed by atoms with Crippen LogP contribution in [-0.2, 0) is 9.84 Å². The lowest BCUT2D eigenvalue weighted by Gasteiger charge is -2.25. The number of sulfone groups is 1. The van der Waals surface area contributed by atoms with Crippen LogP contribution in [0.5, 0.6) is 0 Å². The van der Waals surface area contributed by atoms with Crippen molar-refractivity contribution in [2.75, 3.05) is 22.6 Å². The van der Waals surface area contributed by atoms with Crippen molar-refractivity contribution in [2.45, 2.75) is 18.9 Å². The molecule has 0 spiro atoms. The van der Waals surface area contributed by atoms with Gasteiger partial charge in [0.25, 0.3) is 0 Å². The molecule has 5 nitrogen and oxygen atoms in total. The number of fused-ring (bicyclic) bond motifs is 1. The van der Waals surface area contributed by atoms with Gasteiger partial charge in [-0.3, -0.25) is 4.98 Å². The summed E-state index contributed by atoms with van der Waals surface area (Å²) in [5.41, 5.74) is 8.18. The normalized spacial score (nSPS) is 21.7. The topological polar surface area (TPSA) is 85.1 Å². The van der Waals surface area contributed by atoms with Crippen LogP contribution in [0.15, 0.2) is 30.5 Å². The Balaban J connectivity index is 1.96. The summed E-state index contributed by atoms with van der Waals surface area (Å²) >= 11 is 0. The number of nitrogen functional groups attached to an aromatic ring is 1. The number of hydrogen-bond acceptors (Lipinski definition) is 5. The molecular weight excluding hydrogens is 274 g/mol. The van der Waals surface area contributed by atoms with Gasteiger partial charge in [0, 0.05) is 11.4 Å². The van der Waals surface area contributed by atoms with E-state index >= 15 is 0 Å². The monoisotopic (exact) mass is 291 g/mol. The fourth-order valence-corrected chi connectivity index (χ4v) is 4.29. The van der Waals surface area contributed by atoms with Crippen LogP contribution < -0.4 is 11.1 Å². The van der Waals surface area contributed by atoms with Gasteiger partial charge in [0.15, 0.2) is 9.84 Å². The first-order valence-corrected chi connectivity index (χ1v) is 8.47. The van der Waals surface area contributed by atoms with Gasteiger partial charge in [-0.05, 0) is 18.9 Å². The SMILES string of the molecule is Nc1cnc2ccccc2c1NC1CCCS(=O)(=O)C1. The van der Waals surface area contributed by atoms with E-state index in [0.29, 0.717) is 12.1 Å². The molecule has 1 aliphatic rings. The predicted octanol–water partition coefficient (Wildman–Crippen LogP) is 1.81. The quantitative estimate of drug-likeness (QED) is 0.881. The van der Waals surface area contributed by atoms with Gasteiger partial charge >= 0.3 is 0 Å². The van der Waals surface area contributed by atoms with Gasteiger partial charge in [0.2, 0.25) is 0 Å². The summed E-state index contributed by atoms with van der Waals surface area (Å²) in [4.78, 5) is 4.28. The van der Waals surface area contributed by atoms with Crippen molar-refractivity contribution in [1.29, 1.82) is 0 Å². The van der Waals surface area contributed by atoms with Crippen molar-refractivity contribution >= 4 is 32.1 Å². The van der Waals surface area contributed by atoms with Gasteiger partial charge in [-0.2, -0.15) is 0 Å². The highest BCUT2D eigenvalue weighted by molar-refractivity contribution is 7.91. The van der Waals surface area contributed by atoms with E-state index in [1.54, 1.807) is 6.20 Å². The van der Waals surface area contributed by atoms with E-state index in [0.717, 1.165) is 23.0 Å². The molecular formula is C14H17N3O2S. The molecule has 1 fully saturated rings. The highest BCUT2D eigenvalue weighted by Gasteiger charge is 2.25. The van der Waals surface area contributed by atoms with Crippen molar-refractivity contribution < 1.29 is 8.42 Å². The predicted molar refractivity (Wildman–Crippen MR) is 81.5 cm³/mol. The van der Waals surface area contributed by atoms with E-state index in [1.807, 2.05) is 24.3 Å². The highest BCUT2D eigenvalue weighted by Crippen LogP contribution is 2.29. The largest absolute Gasteiger partial charge is 0.396 e. The van der Waals surface area contributed by atoms with Crippen molar-refractivity contribution in [3.63, 3.8) is 0 Å². The molecule has 1 saturated heterocycles. The van der Waals surface area contributed by atoms with E-state index in [-0.39, 0.29) is 17.5 Å². The second-order valence-corrected chi connectivity index (χ2v) is 7.43. The first-order valence-electron chi connectivity index (χ1n) is 6.65. The molecule has 3 N–H and O–H groups in total. The molecule has 2 heterocycles. The molecule has 6 heteroatoms. The summed E-state index contributed by atoms with van der Waals surface area (Å²) < 4.78 is 23.4. The Morgan fingerprint density at radius 3 is 2.90 bits per heavy atom. The minimum Gasteiger partial charge on any atom is -0.396 e. The van der Waals surface area contributed by atoms with E-state index < -0.39 is 9.84 Å². The maximum absolute atomic E-state index is 11.7. The van der Waals surface area contributed by atoms with Gasteiger partial charge in [-0.25, -0.2) is 8.42 Å². The lowest BCUT2D eigenvalue weighted by molar-refractivity contribution is 0.562. The second-order valence-electron chi connectivity index (χ2n) is 5.20. The molecule has 20 heavy (non-hydrogen) atoms. The number of pyridine rings is 1. The van der Waals surface area contributed by atoms with Gasteiger partial charge in [-0.1, -0.05) is 18.2 Å². The standard InChI is InChI=1S/C14H17N3O2S/c15-12-8-16-13-6-2-1-5-11(13)14(12)17-10-4-3-7-20(18,19)9-10/h1-2,5-6,8,10H,3-4,7,9,15H2,(H,16,17). The van der Waals surface area contributed by atoms with E-state index in [2.05, 4.69) is 10.3 Å². The Hall–Kier alpha value is -1.82. The third-order valence-electron chi connectivity index (χ3n) is 3.62. The molecule has 2 aromatic rings. The second kappa shape index (κ2) is 4.94. The number of benzene rings is 1. The van der Waals surface area contributed by atoms with E-state index in [4.69, 9.17) is 5.73 Å². The molecule has 1 aliphatic heterocycles. The molecule has 3 rings (SSSR count). The van der Waals surface area contributed by atoms with Gasteiger partial charge < -0.3 is 11.1 Å². The lowest BCUT2D eigenvalue weighted by atomic mass is 10.1. The van der Waals surface area contributed by atoms with Crippen LogP contribution in [0.2, 0.25) is 0 Å². The Morgan fingerprint density at radius 1 is 1.30 bits per heavy atom. The zero-order valence-electron chi connectivity index (χ0n) is 11.0. The third-order valence-corrected chi connectivity index (χ3v) is 5.44. The van der Waals surface area contributed by atoms with E-state index in [1.165, 1.54) is 0 Å². The summed E-state index contributed by atoms with van der Waals surface area (Å²) in [5, 5.41) is 4.23. The summed E-state index contributed by atoms with van der Waals surface area (Å²) in [6.07, 6.45) is 3.15. The lowest BCUT2D eigenvalue weighted by Crippen LogP contribution is -2.35. The zero-order chi connectivity index (χ0) is 14.2. The van der Waals surface area contributed by atoms with Crippen LogP contribution in [0.25, 0.3) is 10.9 Å². The smallest absolute Gasteiger partial charge is 0.152 e. The molecule has 1 atom stereocenters. The van der Waals surface area contributed by atoms with Crippen molar-refractivity contribution in [3.05, 3.63) is 30.5 Å². The summed E-state index contributed by atoms with van der Waals surface area (Å²) in [5.74, 6) is 0.459. The minimum atomic E-state index is -2.94. The third kappa shape index (κ3) is 2.56. The summed E-state index contributed by atoms with van der Waals surface area (Å²) in [6.45, 7) is 0. The molecule has 1 aromatic carbocycles. The Morgan fingerprint density at radius 2 is 2.10 bits per heavy atom. The van der Waals surface area contributed by atoms with Crippen molar-refractivity contribution in [3.8, 4) is 0 Å². The maximum Gasteiger partial charge on any atom is 0.152 e. The number of hydrogen-bond donors (Lipinski definition) is 2. The fourth-order valence-electron chi connectivity index (χ4n) is 2.66. The van der Waals surface area contributed by atoms with Crippen LogP contribution in [0.1, 0.15) is 12.8 Å². The van der Waals surface area contributed by atoms with Crippen LogP contribution in [0, 0.1) is 0 Å². The Labute approximate surface area is 118 Å². The fraction of sp³-hybridized carbons (Fsp3) is 0.357. The molecule has 1 aromatic heterocycles. The maximum atomic E-state index is 11.7. The van der Waals surface area contributed by atoms with Gasteiger partial charge in [-0.15, -0.1) is 0 Å². The van der Waals surface area contributed by atoms with Crippen molar-refractivity contribution in [1.82, 2.24) is 4.98 Å². The van der Waals surface area contributed by atoms with Crippen LogP contribution in [-0.4, -0.2) is 30.9 Å². The first kappa shape index (κ1) is 13.2. The van der Waals surface area contributed by atoms with Crippen molar-refractivity contribution in [2.24, 2.45) is 0 Å². The van der Waals surface area contributed by atoms with Gasteiger partial charge in [0.05, 0.1) is 34.6 Å². The average Bonchev–Trinajstić information content (AvgIpc) is 2.41.